The Morgan fingerprint density at radius 1 is 1.11 bits per heavy atom. The summed E-state index contributed by atoms with van der Waals surface area (Å²) in [5, 5.41) is 8.61. The summed E-state index contributed by atoms with van der Waals surface area (Å²) in [7, 11) is 3.75. The molecule has 0 amide bonds. The lowest BCUT2D eigenvalue weighted by Crippen LogP contribution is -2.41. The van der Waals surface area contributed by atoms with Gasteiger partial charge in [0.1, 0.15) is 0 Å². The molecule has 0 aliphatic rings. The third-order valence-electron chi connectivity index (χ3n) is 2.48. The monoisotopic (exact) mass is 265 g/mol. The molecule has 0 aliphatic carbocycles. The van der Waals surface area contributed by atoms with E-state index in [2.05, 4.69) is 0 Å². The zero-order chi connectivity index (χ0) is 14.3. The van der Waals surface area contributed by atoms with E-state index in [1.54, 1.807) is 4.90 Å². The van der Waals surface area contributed by atoms with Crippen LogP contribution in [0.3, 0.4) is 0 Å². The fourth-order valence-electron chi connectivity index (χ4n) is 1.59. The minimum atomic E-state index is -4.44. The molecule has 0 aromatic heterocycles. The van der Waals surface area contributed by atoms with Crippen LogP contribution in [0.2, 0.25) is 0 Å². The van der Waals surface area contributed by atoms with Gasteiger partial charge in [-0.15, -0.1) is 0 Å². The van der Waals surface area contributed by atoms with Gasteiger partial charge in [0.05, 0.1) is 6.07 Å². The fourth-order valence-corrected chi connectivity index (χ4v) is 1.59. The summed E-state index contributed by atoms with van der Waals surface area (Å²) in [5.41, 5.74) is 0. The lowest BCUT2D eigenvalue weighted by Gasteiger charge is -2.28. The van der Waals surface area contributed by atoms with Gasteiger partial charge < -0.3 is 9.80 Å². The van der Waals surface area contributed by atoms with E-state index in [-0.39, 0.29) is 12.5 Å². The number of hydrogen-bond acceptors (Lipinski definition) is 3. The highest BCUT2D eigenvalue weighted by Gasteiger charge is 2.40. The van der Waals surface area contributed by atoms with Gasteiger partial charge in [0.2, 0.25) is 0 Å². The van der Waals surface area contributed by atoms with Crippen LogP contribution >= 0.6 is 0 Å². The lowest BCUT2D eigenvalue weighted by molar-refractivity contribution is -0.163. The van der Waals surface area contributed by atoms with Crippen molar-refractivity contribution < 1.29 is 13.2 Å². The average Bonchev–Trinajstić information content (AvgIpc) is 2.19. The number of hydrogen-bond donors (Lipinski definition) is 0. The summed E-state index contributed by atoms with van der Waals surface area (Å²) in [6.07, 6.45) is -4.44. The van der Waals surface area contributed by atoms with Gasteiger partial charge in [-0.2, -0.15) is 18.4 Å². The summed E-state index contributed by atoms with van der Waals surface area (Å²) in [6, 6.07) is 1.35. The van der Waals surface area contributed by atoms with Gasteiger partial charge in [0, 0.05) is 26.2 Å². The summed E-state index contributed by atoms with van der Waals surface area (Å²) in [4.78, 5) is 3.63. The molecule has 3 nitrogen and oxygen atoms in total. The van der Waals surface area contributed by atoms with Crippen LogP contribution in [-0.4, -0.2) is 56.3 Å². The van der Waals surface area contributed by atoms with Crippen LogP contribution in [0.25, 0.3) is 0 Å². The zero-order valence-corrected chi connectivity index (χ0v) is 11.5. The summed E-state index contributed by atoms with van der Waals surface area (Å²) < 4.78 is 37.7. The van der Waals surface area contributed by atoms with E-state index in [0.29, 0.717) is 19.6 Å². The molecule has 0 aliphatic heterocycles. The number of nitrogens with zero attached hydrogens (tertiary/aromatic N) is 3. The largest absolute Gasteiger partial charge is 0.405 e. The Morgan fingerprint density at radius 2 is 1.67 bits per heavy atom. The first-order valence-corrected chi connectivity index (χ1v) is 6.00. The maximum Gasteiger partial charge on any atom is 0.405 e. The molecule has 0 saturated heterocycles. The minimum Gasteiger partial charge on any atom is -0.308 e. The van der Waals surface area contributed by atoms with E-state index in [1.807, 2.05) is 32.8 Å². The van der Waals surface area contributed by atoms with Crippen LogP contribution in [0.1, 0.15) is 13.8 Å². The van der Waals surface area contributed by atoms with Gasteiger partial charge in [0.25, 0.3) is 0 Å². The van der Waals surface area contributed by atoms with Crippen LogP contribution < -0.4 is 0 Å². The third kappa shape index (κ3) is 7.51. The quantitative estimate of drug-likeness (QED) is 0.707. The molecule has 0 saturated carbocycles. The first-order valence-electron chi connectivity index (χ1n) is 6.00. The average molecular weight is 265 g/mol. The van der Waals surface area contributed by atoms with Crippen molar-refractivity contribution in [2.24, 2.45) is 11.8 Å². The molecule has 0 heterocycles. The second-order valence-corrected chi connectivity index (χ2v) is 5.18. The van der Waals surface area contributed by atoms with Gasteiger partial charge in [0.15, 0.2) is 5.92 Å². The van der Waals surface area contributed by atoms with E-state index in [4.69, 9.17) is 5.26 Å². The summed E-state index contributed by atoms with van der Waals surface area (Å²) in [6.45, 7) is 5.46. The van der Waals surface area contributed by atoms with E-state index in [0.717, 1.165) is 0 Å². The third-order valence-corrected chi connectivity index (χ3v) is 2.48. The van der Waals surface area contributed by atoms with Gasteiger partial charge >= 0.3 is 6.18 Å². The van der Waals surface area contributed by atoms with Crippen molar-refractivity contribution in [2.75, 3.05) is 40.3 Å². The molecular weight excluding hydrogens is 243 g/mol. The summed E-state index contributed by atoms with van der Waals surface area (Å²) in [5.74, 6) is -1.63. The van der Waals surface area contributed by atoms with E-state index >= 15 is 0 Å². The second kappa shape index (κ2) is 7.59. The predicted molar refractivity (Wildman–Crippen MR) is 65.0 cm³/mol. The molecule has 106 valence electrons. The Bertz CT molecular complexity index is 269. The Kier molecular flexibility index (Phi) is 7.26. The molecule has 0 bridgehead atoms. The SMILES string of the molecule is CC(C)CN(CCN(C)C)CC(C#N)C(F)(F)F. The topological polar surface area (TPSA) is 30.3 Å². The van der Waals surface area contributed by atoms with Crippen molar-refractivity contribution in [3.63, 3.8) is 0 Å². The van der Waals surface area contributed by atoms with Crippen molar-refractivity contribution in [2.45, 2.75) is 20.0 Å². The first kappa shape index (κ1) is 17.2. The zero-order valence-electron chi connectivity index (χ0n) is 11.5. The van der Waals surface area contributed by atoms with Crippen LogP contribution in [0.5, 0.6) is 0 Å². The Balaban J connectivity index is 4.51. The lowest BCUT2D eigenvalue weighted by atomic mass is 10.1. The highest BCUT2D eigenvalue weighted by atomic mass is 19.4. The Hall–Kier alpha value is -0.800. The maximum atomic E-state index is 12.6. The molecule has 0 spiro atoms. The molecule has 0 fully saturated rings. The molecule has 0 aromatic rings. The summed E-state index contributed by atoms with van der Waals surface area (Å²) >= 11 is 0. The first-order chi connectivity index (χ1) is 8.16. The molecule has 0 N–H and O–H groups in total. The van der Waals surface area contributed by atoms with Crippen LogP contribution in [0.4, 0.5) is 13.2 Å². The normalized spacial score (nSPS) is 14.3. The van der Waals surface area contributed by atoms with Gasteiger partial charge in [-0.3, -0.25) is 0 Å². The van der Waals surface area contributed by atoms with E-state index in [9.17, 15) is 13.2 Å². The van der Waals surface area contributed by atoms with Crippen LogP contribution in [-0.2, 0) is 0 Å². The molecule has 6 heteroatoms. The number of rotatable bonds is 7. The number of likely N-dealkylation sites (N-methyl/N-ethyl adjacent to an activating group) is 1. The Labute approximate surface area is 107 Å². The maximum absolute atomic E-state index is 12.6. The van der Waals surface area contributed by atoms with Gasteiger partial charge in [-0.05, 0) is 20.0 Å². The van der Waals surface area contributed by atoms with Crippen molar-refractivity contribution in [1.82, 2.24) is 9.80 Å². The second-order valence-electron chi connectivity index (χ2n) is 5.18. The van der Waals surface area contributed by atoms with E-state index in [1.165, 1.54) is 6.07 Å². The molecule has 1 atom stereocenters. The molecule has 0 aromatic carbocycles. The smallest absolute Gasteiger partial charge is 0.308 e. The molecular formula is C12H22F3N3. The van der Waals surface area contributed by atoms with Crippen LogP contribution in [0.15, 0.2) is 0 Å². The van der Waals surface area contributed by atoms with Gasteiger partial charge in [-0.25, -0.2) is 0 Å². The molecule has 1 unspecified atom stereocenters. The minimum absolute atomic E-state index is 0.244. The predicted octanol–water partition coefficient (Wildman–Crippen LogP) is 2.21. The highest BCUT2D eigenvalue weighted by Crippen LogP contribution is 2.26. The van der Waals surface area contributed by atoms with Crippen molar-refractivity contribution in [3.05, 3.63) is 0 Å². The van der Waals surface area contributed by atoms with Crippen LogP contribution in [0, 0.1) is 23.2 Å². The molecule has 0 radical (unpaired) electrons. The number of alkyl halides is 3. The number of halogens is 3. The molecule has 18 heavy (non-hydrogen) atoms. The fraction of sp³-hybridized carbons (Fsp3) is 0.917. The van der Waals surface area contributed by atoms with Gasteiger partial charge in [-0.1, -0.05) is 13.8 Å². The van der Waals surface area contributed by atoms with E-state index < -0.39 is 12.1 Å². The highest BCUT2D eigenvalue weighted by molar-refractivity contribution is 4.90. The molecule has 0 rings (SSSR count). The Morgan fingerprint density at radius 3 is 2.00 bits per heavy atom. The van der Waals surface area contributed by atoms with Crippen molar-refractivity contribution in [3.8, 4) is 6.07 Å². The van der Waals surface area contributed by atoms with Crippen molar-refractivity contribution >= 4 is 0 Å². The number of nitriles is 1. The van der Waals surface area contributed by atoms with Crippen molar-refractivity contribution in [1.29, 1.82) is 5.26 Å². The standard InChI is InChI=1S/C12H22F3N3/c1-10(2)8-18(6-5-17(3)4)9-11(7-16)12(13,14)15/h10-11H,5-6,8-9H2,1-4H3.